The van der Waals surface area contributed by atoms with Gasteiger partial charge in [-0.1, -0.05) is 23.7 Å². The summed E-state index contributed by atoms with van der Waals surface area (Å²) in [5.41, 5.74) is 1.34. The molecule has 1 amide bonds. The first-order valence-electron chi connectivity index (χ1n) is 7.43. The van der Waals surface area contributed by atoms with Crippen LogP contribution in [0.3, 0.4) is 0 Å². The minimum atomic E-state index is -3.59. The van der Waals surface area contributed by atoms with E-state index in [0.717, 1.165) is 5.56 Å². The molecule has 0 aliphatic rings. The molecule has 128 valence electrons. The molecule has 0 saturated heterocycles. The van der Waals surface area contributed by atoms with E-state index in [1.54, 1.807) is 36.4 Å². The lowest BCUT2D eigenvalue weighted by atomic mass is 10.1. The third kappa shape index (κ3) is 4.35. The number of sulfonamides is 1. The van der Waals surface area contributed by atoms with E-state index in [0.29, 0.717) is 17.1 Å². The Labute approximate surface area is 147 Å². The number of halogens is 1. The molecular weight excluding hydrogens is 348 g/mol. The van der Waals surface area contributed by atoms with Crippen LogP contribution < -0.4 is 5.32 Å². The quantitative estimate of drug-likeness (QED) is 0.854. The van der Waals surface area contributed by atoms with Crippen LogP contribution >= 0.6 is 11.6 Å². The Morgan fingerprint density at radius 3 is 2.21 bits per heavy atom. The van der Waals surface area contributed by atoms with Crippen molar-refractivity contribution in [3.05, 3.63) is 64.7 Å². The molecule has 0 saturated carbocycles. The number of hydrogen-bond acceptors (Lipinski definition) is 3. The molecular formula is C17H19ClN2O3S. The Morgan fingerprint density at radius 2 is 1.67 bits per heavy atom. The molecule has 0 radical (unpaired) electrons. The summed E-state index contributed by atoms with van der Waals surface area (Å²) in [5.74, 6) is -0.147. The number of carbonyl (C=O) groups excluding carboxylic acids is 1. The van der Waals surface area contributed by atoms with Crippen LogP contribution in [0.1, 0.15) is 22.8 Å². The summed E-state index contributed by atoms with van der Waals surface area (Å²) in [6.07, 6.45) is 0. The molecule has 0 heterocycles. The van der Waals surface area contributed by atoms with E-state index >= 15 is 0 Å². The van der Waals surface area contributed by atoms with Gasteiger partial charge in [-0.15, -0.1) is 0 Å². The standard InChI is InChI=1S/C17H19ClN2O3S/c1-3-19-17(21)14-6-4-13(5-7-14)12-20(2)24(22,23)16-10-8-15(18)9-11-16/h4-11H,3,12H2,1-2H3,(H,19,21). The summed E-state index contributed by atoms with van der Waals surface area (Å²) >= 11 is 5.79. The first-order chi connectivity index (χ1) is 11.3. The van der Waals surface area contributed by atoms with Crippen LogP contribution in [0.15, 0.2) is 53.4 Å². The molecule has 0 spiro atoms. The van der Waals surface area contributed by atoms with E-state index in [-0.39, 0.29) is 17.3 Å². The molecule has 2 aromatic rings. The van der Waals surface area contributed by atoms with Crippen molar-refractivity contribution in [1.82, 2.24) is 9.62 Å². The maximum absolute atomic E-state index is 12.5. The van der Waals surface area contributed by atoms with Gasteiger partial charge >= 0.3 is 0 Å². The number of rotatable bonds is 6. The van der Waals surface area contributed by atoms with Crippen molar-refractivity contribution in [3.63, 3.8) is 0 Å². The predicted molar refractivity (Wildman–Crippen MR) is 94.6 cm³/mol. The number of benzene rings is 2. The van der Waals surface area contributed by atoms with Crippen LogP contribution in [-0.2, 0) is 16.6 Å². The topological polar surface area (TPSA) is 66.5 Å². The number of amides is 1. The lowest BCUT2D eigenvalue weighted by Gasteiger charge is -2.17. The first-order valence-corrected chi connectivity index (χ1v) is 9.25. The Balaban J connectivity index is 2.12. The van der Waals surface area contributed by atoms with E-state index in [1.165, 1.54) is 23.5 Å². The van der Waals surface area contributed by atoms with Gasteiger partial charge in [-0.05, 0) is 48.9 Å². The maximum Gasteiger partial charge on any atom is 0.251 e. The Morgan fingerprint density at radius 1 is 1.08 bits per heavy atom. The van der Waals surface area contributed by atoms with Gasteiger partial charge in [-0.3, -0.25) is 4.79 Å². The van der Waals surface area contributed by atoms with Crippen molar-refractivity contribution >= 4 is 27.5 Å². The molecule has 0 aromatic heterocycles. The van der Waals surface area contributed by atoms with E-state index in [1.807, 2.05) is 6.92 Å². The summed E-state index contributed by atoms with van der Waals surface area (Å²) in [4.78, 5) is 11.9. The molecule has 7 heteroatoms. The lowest BCUT2D eigenvalue weighted by Crippen LogP contribution is -2.26. The summed E-state index contributed by atoms with van der Waals surface area (Å²) in [7, 11) is -2.08. The molecule has 0 aliphatic heterocycles. The largest absolute Gasteiger partial charge is 0.352 e. The molecule has 0 atom stereocenters. The van der Waals surface area contributed by atoms with Gasteiger partial charge in [0.05, 0.1) is 4.90 Å². The van der Waals surface area contributed by atoms with Crippen molar-refractivity contribution in [3.8, 4) is 0 Å². The predicted octanol–water partition coefficient (Wildman–Crippen LogP) is 2.91. The Bertz CT molecular complexity index is 803. The van der Waals surface area contributed by atoms with E-state index in [2.05, 4.69) is 5.32 Å². The fourth-order valence-corrected chi connectivity index (χ4v) is 3.44. The zero-order valence-corrected chi connectivity index (χ0v) is 15.1. The fraction of sp³-hybridized carbons (Fsp3) is 0.235. The van der Waals surface area contributed by atoms with Crippen molar-refractivity contribution in [1.29, 1.82) is 0 Å². The highest BCUT2D eigenvalue weighted by atomic mass is 35.5. The van der Waals surface area contributed by atoms with Crippen molar-refractivity contribution < 1.29 is 13.2 Å². The minimum Gasteiger partial charge on any atom is -0.352 e. The van der Waals surface area contributed by atoms with E-state index in [9.17, 15) is 13.2 Å². The van der Waals surface area contributed by atoms with Crippen LogP contribution in [0.2, 0.25) is 5.02 Å². The summed E-state index contributed by atoms with van der Waals surface area (Å²) in [6, 6.07) is 12.9. The second-order valence-electron chi connectivity index (χ2n) is 5.27. The molecule has 1 N–H and O–H groups in total. The van der Waals surface area contributed by atoms with Crippen LogP contribution in [0.25, 0.3) is 0 Å². The van der Waals surface area contributed by atoms with E-state index in [4.69, 9.17) is 11.6 Å². The molecule has 5 nitrogen and oxygen atoms in total. The minimum absolute atomic E-state index is 0.147. The van der Waals surface area contributed by atoms with Gasteiger partial charge < -0.3 is 5.32 Å². The van der Waals surface area contributed by atoms with Gasteiger partial charge in [0.15, 0.2) is 0 Å². The smallest absolute Gasteiger partial charge is 0.251 e. The average molecular weight is 367 g/mol. The monoisotopic (exact) mass is 366 g/mol. The van der Waals surface area contributed by atoms with Crippen molar-refractivity contribution in [2.24, 2.45) is 0 Å². The Hall–Kier alpha value is -1.89. The van der Waals surface area contributed by atoms with E-state index < -0.39 is 10.0 Å². The number of nitrogens with one attached hydrogen (secondary N) is 1. The third-order valence-corrected chi connectivity index (χ3v) is 5.55. The van der Waals surface area contributed by atoms with Crippen molar-refractivity contribution in [2.75, 3.05) is 13.6 Å². The summed E-state index contributed by atoms with van der Waals surface area (Å²) < 4.78 is 26.3. The number of carbonyl (C=O) groups is 1. The summed E-state index contributed by atoms with van der Waals surface area (Å²) in [6.45, 7) is 2.62. The molecule has 0 bridgehead atoms. The highest BCUT2D eigenvalue weighted by Crippen LogP contribution is 2.19. The van der Waals surface area contributed by atoms with Crippen LogP contribution in [0.4, 0.5) is 0 Å². The number of nitrogens with zero attached hydrogens (tertiary/aromatic N) is 1. The highest BCUT2D eigenvalue weighted by molar-refractivity contribution is 7.89. The molecule has 0 fully saturated rings. The zero-order chi connectivity index (χ0) is 17.7. The average Bonchev–Trinajstić information content (AvgIpc) is 2.56. The molecule has 24 heavy (non-hydrogen) atoms. The number of hydrogen-bond donors (Lipinski definition) is 1. The highest BCUT2D eigenvalue weighted by Gasteiger charge is 2.20. The SMILES string of the molecule is CCNC(=O)c1ccc(CN(C)S(=O)(=O)c2ccc(Cl)cc2)cc1. The van der Waals surface area contributed by atoms with Gasteiger partial charge in [-0.25, -0.2) is 8.42 Å². The lowest BCUT2D eigenvalue weighted by molar-refractivity contribution is 0.0956. The summed E-state index contributed by atoms with van der Waals surface area (Å²) in [5, 5.41) is 3.20. The van der Waals surface area contributed by atoms with Crippen LogP contribution in [0.5, 0.6) is 0 Å². The van der Waals surface area contributed by atoms with Gasteiger partial charge in [-0.2, -0.15) is 4.31 Å². The van der Waals surface area contributed by atoms with Gasteiger partial charge in [0.2, 0.25) is 10.0 Å². The van der Waals surface area contributed by atoms with Gasteiger partial charge in [0, 0.05) is 30.7 Å². The van der Waals surface area contributed by atoms with Gasteiger partial charge in [0.25, 0.3) is 5.91 Å². The molecule has 0 aliphatic carbocycles. The molecule has 2 rings (SSSR count). The molecule has 0 unspecified atom stereocenters. The first kappa shape index (κ1) is 18.4. The maximum atomic E-state index is 12.5. The molecule has 2 aromatic carbocycles. The van der Waals surface area contributed by atoms with Gasteiger partial charge in [0.1, 0.15) is 0 Å². The fourth-order valence-electron chi connectivity index (χ4n) is 2.15. The van der Waals surface area contributed by atoms with Crippen LogP contribution in [0, 0.1) is 0 Å². The zero-order valence-electron chi connectivity index (χ0n) is 13.5. The Kier molecular flexibility index (Phi) is 5.99. The third-order valence-electron chi connectivity index (χ3n) is 3.48. The second kappa shape index (κ2) is 7.79. The normalized spacial score (nSPS) is 11.5. The van der Waals surface area contributed by atoms with Crippen LogP contribution in [-0.4, -0.2) is 32.2 Å². The van der Waals surface area contributed by atoms with Crippen molar-refractivity contribution in [2.45, 2.75) is 18.4 Å². The second-order valence-corrected chi connectivity index (χ2v) is 7.75.